The average Bonchev–Trinajstić information content (AvgIpc) is 3.41. The van der Waals surface area contributed by atoms with Crippen molar-refractivity contribution in [1.29, 1.82) is 0 Å². The summed E-state index contributed by atoms with van der Waals surface area (Å²) in [4.78, 5) is 4.82. The van der Waals surface area contributed by atoms with E-state index < -0.39 is 0 Å². The van der Waals surface area contributed by atoms with Crippen molar-refractivity contribution in [3.05, 3.63) is 114 Å². The molecular formula is C34H23NO. The summed E-state index contributed by atoms with van der Waals surface area (Å²) in [6.45, 7) is 4.70. The smallest absolute Gasteiger partial charge is 0.143 e. The van der Waals surface area contributed by atoms with Crippen molar-refractivity contribution in [1.82, 2.24) is 4.98 Å². The van der Waals surface area contributed by atoms with Gasteiger partial charge in [0.15, 0.2) is 0 Å². The molecule has 0 unspecified atom stereocenters. The minimum absolute atomic E-state index is 0.159. The second kappa shape index (κ2) is 6.83. The molecule has 0 aliphatic heterocycles. The first kappa shape index (κ1) is 19.8. The molecule has 0 saturated heterocycles. The molecule has 5 aromatic carbocycles. The number of hydrogen-bond acceptors (Lipinski definition) is 2. The second-order valence-corrected chi connectivity index (χ2v) is 10.4. The zero-order valence-corrected chi connectivity index (χ0v) is 20.2. The highest BCUT2D eigenvalue weighted by Crippen LogP contribution is 2.55. The molecule has 0 saturated carbocycles. The Kier molecular flexibility index (Phi) is 3.76. The number of rotatable bonds is 1. The van der Waals surface area contributed by atoms with Gasteiger partial charge in [-0.15, -0.1) is 0 Å². The number of aromatic nitrogens is 1. The summed E-state index contributed by atoms with van der Waals surface area (Å²) in [5, 5.41) is 6.06. The zero-order chi connectivity index (χ0) is 24.0. The van der Waals surface area contributed by atoms with E-state index in [1.807, 2.05) is 18.3 Å². The van der Waals surface area contributed by atoms with Gasteiger partial charge in [0.1, 0.15) is 11.2 Å². The first-order valence-electron chi connectivity index (χ1n) is 12.5. The number of nitrogens with zero attached hydrogens (tertiary/aromatic N) is 1. The molecule has 8 rings (SSSR count). The van der Waals surface area contributed by atoms with Crippen molar-refractivity contribution < 1.29 is 4.42 Å². The normalized spacial score (nSPS) is 14.1. The summed E-state index contributed by atoms with van der Waals surface area (Å²) >= 11 is 0. The molecule has 1 aliphatic rings. The Labute approximate surface area is 208 Å². The lowest BCUT2D eigenvalue weighted by Gasteiger charge is -2.24. The van der Waals surface area contributed by atoms with Crippen LogP contribution in [0.4, 0.5) is 0 Å². The fraction of sp³-hybridized carbons (Fsp3) is 0.0882. The van der Waals surface area contributed by atoms with Crippen LogP contribution in [0, 0.1) is 0 Å². The SMILES string of the molecule is CC1(C)c2cc(-c3cccc4c3oc3ccccc34)ccc2-c2c1c1cccnc1c1ccccc21. The first-order valence-corrected chi connectivity index (χ1v) is 12.5. The van der Waals surface area contributed by atoms with Gasteiger partial charge in [0.05, 0.1) is 5.52 Å². The lowest BCUT2D eigenvalue weighted by atomic mass is 9.79. The standard InChI is InChI=1S/C34H23NO/c1-34(2)28-19-20(21-12-7-13-25-22-9-5-6-15-29(22)36-33(21)25)16-17-26(28)30-23-10-3-4-11-24(23)32-27(31(30)34)14-8-18-35-32/h3-19H,1-2H3. The van der Waals surface area contributed by atoms with E-state index in [0.29, 0.717) is 0 Å². The summed E-state index contributed by atoms with van der Waals surface area (Å²) in [7, 11) is 0. The third kappa shape index (κ3) is 2.43. The number of para-hydroxylation sites is 2. The van der Waals surface area contributed by atoms with E-state index in [1.165, 1.54) is 44.0 Å². The Morgan fingerprint density at radius 3 is 2.28 bits per heavy atom. The Hall–Kier alpha value is -4.43. The Morgan fingerprint density at radius 1 is 0.639 bits per heavy atom. The molecule has 0 atom stereocenters. The molecule has 1 aliphatic carbocycles. The van der Waals surface area contributed by atoms with Gasteiger partial charge in [-0.25, -0.2) is 0 Å². The number of benzene rings is 5. The van der Waals surface area contributed by atoms with E-state index >= 15 is 0 Å². The lowest BCUT2D eigenvalue weighted by molar-refractivity contribution is 0.665. The minimum atomic E-state index is -0.159. The zero-order valence-electron chi connectivity index (χ0n) is 20.2. The van der Waals surface area contributed by atoms with Crippen LogP contribution in [0.1, 0.15) is 25.0 Å². The number of pyridine rings is 1. The highest BCUT2D eigenvalue weighted by atomic mass is 16.3. The van der Waals surface area contributed by atoms with Gasteiger partial charge in [-0.2, -0.15) is 0 Å². The molecule has 2 heteroatoms. The molecule has 2 heterocycles. The van der Waals surface area contributed by atoms with Crippen LogP contribution in [-0.4, -0.2) is 4.98 Å². The van der Waals surface area contributed by atoms with Crippen LogP contribution in [0.15, 0.2) is 108 Å². The molecule has 2 aromatic heterocycles. The second-order valence-electron chi connectivity index (χ2n) is 10.4. The quantitative estimate of drug-likeness (QED) is 0.228. The molecule has 0 amide bonds. The molecule has 0 spiro atoms. The predicted molar refractivity (Wildman–Crippen MR) is 150 cm³/mol. The fourth-order valence-corrected chi connectivity index (χ4v) is 6.48. The maximum Gasteiger partial charge on any atom is 0.143 e. The summed E-state index contributed by atoms with van der Waals surface area (Å²) in [6.07, 6.45) is 1.91. The Morgan fingerprint density at radius 2 is 1.39 bits per heavy atom. The van der Waals surface area contributed by atoms with Crippen LogP contribution in [-0.2, 0) is 5.41 Å². The molecule has 0 radical (unpaired) electrons. The van der Waals surface area contributed by atoms with Crippen molar-refractivity contribution in [2.75, 3.05) is 0 Å². The monoisotopic (exact) mass is 461 g/mol. The minimum Gasteiger partial charge on any atom is -0.455 e. The van der Waals surface area contributed by atoms with Gasteiger partial charge in [-0.3, -0.25) is 4.98 Å². The van der Waals surface area contributed by atoms with Gasteiger partial charge in [-0.1, -0.05) is 92.7 Å². The summed E-state index contributed by atoms with van der Waals surface area (Å²) in [6, 6.07) is 34.7. The topological polar surface area (TPSA) is 26.0 Å². The number of hydrogen-bond donors (Lipinski definition) is 0. The molecule has 36 heavy (non-hydrogen) atoms. The maximum atomic E-state index is 6.38. The van der Waals surface area contributed by atoms with Crippen LogP contribution in [0.3, 0.4) is 0 Å². The number of furan rings is 1. The third-order valence-electron chi connectivity index (χ3n) is 8.08. The molecule has 0 fully saturated rings. The van der Waals surface area contributed by atoms with Crippen molar-refractivity contribution in [3.63, 3.8) is 0 Å². The van der Waals surface area contributed by atoms with E-state index in [-0.39, 0.29) is 5.41 Å². The molecule has 170 valence electrons. The van der Waals surface area contributed by atoms with E-state index in [0.717, 1.165) is 33.0 Å². The summed E-state index contributed by atoms with van der Waals surface area (Å²) in [5.74, 6) is 0. The highest BCUT2D eigenvalue weighted by molar-refractivity contribution is 6.17. The molecule has 0 bridgehead atoms. The summed E-state index contributed by atoms with van der Waals surface area (Å²) in [5.41, 5.74) is 10.5. The van der Waals surface area contributed by atoms with Crippen molar-refractivity contribution in [2.24, 2.45) is 0 Å². The van der Waals surface area contributed by atoms with Crippen LogP contribution in [0.2, 0.25) is 0 Å². The van der Waals surface area contributed by atoms with Gasteiger partial charge in [-0.05, 0) is 51.4 Å². The lowest BCUT2D eigenvalue weighted by Crippen LogP contribution is -2.16. The number of fused-ring (bicyclic) bond motifs is 11. The van der Waals surface area contributed by atoms with Crippen LogP contribution in [0.5, 0.6) is 0 Å². The van der Waals surface area contributed by atoms with Gasteiger partial charge in [0.2, 0.25) is 0 Å². The highest BCUT2D eigenvalue weighted by Gasteiger charge is 2.38. The largest absolute Gasteiger partial charge is 0.455 e. The Balaban J connectivity index is 1.44. The molecule has 2 nitrogen and oxygen atoms in total. The van der Waals surface area contributed by atoms with E-state index in [1.54, 1.807) is 0 Å². The van der Waals surface area contributed by atoms with Crippen LogP contribution < -0.4 is 0 Å². The molecular weight excluding hydrogens is 438 g/mol. The van der Waals surface area contributed by atoms with E-state index in [9.17, 15) is 0 Å². The van der Waals surface area contributed by atoms with Gasteiger partial charge in [0.25, 0.3) is 0 Å². The summed E-state index contributed by atoms with van der Waals surface area (Å²) < 4.78 is 6.38. The fourth-order valence-electron chi connectivity index (χ4n) is 6.48. The van der Waals surface area contributed by atoms with Crippen molar-refractivity contribution in [2.45, 2.75) is 19.3 Å². The third-order valence-corrected chi connectivity index (χ3v) is 8.08. The van der Waals surface area contributed by atoms with Crippen molar-refractivity contribution in [3.8, 4) is 22.3 Å². The predicted octanol–water partition coefficient (Wildman–Crippen LogP) is 9.26. The van der Waals surface area contributed by atoms with Crippen molar-refractivity contribution >= 4 is 43.6 Å². The first-order chi connectivity index (χ1) is 17.6. The van der Waals surface area contributed by atoms with Gasteiger partial charge < -0.3 is 4.42 Å². The van der Waals surface area contributed by atoms with Gasteiger partial charge >= 0.3 is 0 Å². The average molecular weight is 462 g/mol. The maximum absolute atomic E-state index is 6.38. The van der Waals surface area contributed by atoms with Crippen LogP contribution in [0.25, 0.3) is 65.9 Å². The van der Waals surface area contributed by atoms with Gasteiger partial charge in [0, 0.05) is 38.7 Å². The van der Waals surface area contributed by atoms with E-state index in [4.69, 9.17) is 9.40 Å². The Bertz CT molecular complexity index is 2030. The van der Waals surface area contributed by atoms with E-state index in [2.05, 4.69) is 98.8 Å². The van der Waals surface area contributed by atoms with Crippen LogP contribution >= 0.6 is 0 Å². The molecule has 7 aromatic rings. The molecule has 0 N–H and O–H groups in total.